The molecule has 1 aromatic heterocycles. The fourth-order valence-electron chi connectivity index (χ4n) is 1.73. The van der Waals surface area contributed by atoms with Crippen molar-refractivity contribution in [1.29, 1.82) is 0 Å². The Morgan fingerprint density at radius 1 is 1.29 bits per heavy atom. The molecule has 0 radical (unpaired) electrons. The van der Waals surface area contributed by atoms with E-state index in [0.717, 1.165) is 12.8 Å². The highest BCUT2D eigenvalue weighted by Crippen LogP contribution is 2.12. The van der Waals surface area contributed by atoms with Gasteiger partial charge in [-0.25, -0.2) is 15.8 Å². The molecule has 0 aromatic carbocycles. The molecule has 118 valence electrons. The molecule has 1 unspecified atom stereocenters. The molecular formula is C14H26N6O. The molecule has 0 spiro atoms. The lowest BCUT2D eigenvalue weighted by molar-refractivity contribution is -0.121. The molecule has 5 N–H and O–H groups in total. The van der Waals surface area contributed by atoms with Crippen LogP contribution in [0.25, 0.3) is 0 Å². The van der Waals surface area contributed by atoms with Crippen LogP contribution in [-0.2, 0) is 11.2 Å². The monoisotopic (exact) mass is 294 g/mol. The number of nitrogens with two attached hydrogens (primary N) is 1. The van der Waals surface area contributed by atoms with E-state index in [9.17, 15) is 4.79 Å². The van der Waals surface area contributed by atoms with Crippen molar-refractivity contribution < 1.29 is 4.79 Å². The van der Waals surface area contributed by atoms with E-state index in [1.54, 1.807) is 13.0 Å². The van der Waals surface area contributed by atoms with Crippen molar-refractivity contribution in [3.63, 3.8) is 0 Å². The average Bonchev–Trinajstić information content (AvgIpc) is 2.44. The number of amides is 1. The molecule has 0 saturated heterocycles. The topological polar surface area (TPSA) is 105 Å². The van der Waals surface area contributed by atoms with Crippen molar-refractivity contribution in [2.24, 2.45) is 11.8 Å². The van der Waals surface area contributed by atoms with Gasteiger partial charge in [0.05, 0.1) is 0 Å². The van der Waals surface area contributed by atoms with E-state index < -0.39 is 0 Å². The highest BCUT2D eigenvalue weighted by molar-refractivity contribution is 5.83. The predicted molar refractivity (Wildman–Crippen MR) is 84.8 cm³/mol. The lowest BCUT2D eigenvalue weighted by atomic mass is 10.2. The number of nitrogen functional groups attached to an aromatic ring is 1. The molecule has 0 fully saturated rings. The minimum Gasteiger partial charge on any atom is -0.358 e. The van der Waals surface area contributed by atoms with Crippen LogP contribution < -0.4 is 21.9 Å². The highest BCUT2D eigenvalue weighted by atomic mass is 16.2. The highest BCUT2D eigenvalue weighted by Gasteiger charge is 2.14. The van der Waals surface area contributed by atoms with E-state index in [-0.39, 0.29) is 11.9 Å². The summed E-state index contributed by atoms with van der Waals surface area (Å²) in [5.41, 5.74) is 2.52. The van der Waals surface area contributed by atoms with Gasteiger partial charge in [0.2, 0.25) is 5.91 Å². The first-order valence-corrected chi connectivity index (χ1v) is 7.35. The second-order valence-corrected chi connectivity index (χ2v) is 5.45. The van der Waals surface area contributed by atoms with Crippen LogP contribution in [0.1, 0.15) is 39.9 Å². The van der Waals surface area contributed by atoms with Crippen LogP contribution >= 0.6 is 0 Å². The van der Waals surface area contributed by atoms with Crippen molar-refractivity contribution >= 4 is 17.5 Å². The zero-order chi connectivity index (χ0) is 15.8. The summed E-state index contributed by atoms with van der Waals surface area (Å²) in [7, 11) is 0. The number of hydrazine groups is 1. The molecular weight excluding hydrogens is 268 g/mol. The van der Waals surface area contributed by atoms with Crippen LogP contribution in [0.4, 0.5) is 11.6 Å². The first-order chi connectivity index (χ1) is 9.96. The first kappa shape index (κ1) is 17.2. The van der Waals surface area contributed by atoms with E-state index in [0.29, 0.717) is 29.9 Å². The van der Waals surface area contributed by atoms with Crippen LogP contribution in [0.2, 0.25) is 0 Å². The van der Waals surface area contributed by atoms with Crippen molar-refractivity contribution in [2.75, 3.05) is 17.3 Å². The largest absolute Gasteiger partial charge is 0.358 e. The van der Waals surface area contributed by atoms with Crippen molar-refractivity contribution in [1.82, 2.24) is 15.3 Å². The second-order valence-electron chi connectivity index (χ2n) is 5.45. The summed E-state index contributed by atoms with van der Waals surface area (Å²) in [4.78, 5) is 20.6. The minimum atomic E-state index is -0.376. The van der Waals surface area contributed by atoms with Crippen LogP contribution in [-0.4, -0.2) is 28.5 Å². The Labute approximate surface area is 126 Å². The number of hydrogen-bond donors (Lipinski definition) is 4. The third kappa shape index (κ3) is 5.95. The second kappa shape index (κ2) is 8.41. The third-order valence-electron chi connectivity index (χ3n) is 2.84. The molecule has 0 saturated carbocycles. The van der Waals surface area contributed by atoms with Gasteiger partial charge >= 0.3 is 0 Å². The van der Waals surface area contributed by atoms with Gasteiger partial charge in [0.15, 0.2) is 0 Å². The van der Waals surface area contributed by atoms with E-state index in [4.69, 9.17) is 5.84 Å². The van der Waals surface area contributed by atoms with Crippen LogP contribution in [0, 0.1) is 5.92 Å². The maximum Gasteiger partial charge on any atom is 0.242 e. The summed E-state index contributed by atoms with van der Waals surface area (Å²) in [5, 5.41) is 5.97. The number of hydrogen-bond acceptors (Lipinski definition) is 6. The zero-order valence-electron chi connectivity index (χ0n) is 13.2. The Balaban J connectivity index is 2.72. The van der Waals surface area contributed by atoms with Crippen LogP contribution in [0.5, 0.6) is 0 Å². The van der Waals surface area contributed by atoms with Crippen molar-refractivity contribution in [2.45, 2.75) is 46.6 Å². The molecule has 1 rings (SSSR count). The van der Waals surface area contributed by atoms with Gasteiger partial charge in [-0.1, -0.05) is 20.8 Å². The number of aryl methyl sites for hydroxylation is 1. The summed E-state index contributed by atoms with van der Waals surface area (Å²) < 4.78 is 0. The summed E-state index contributed by atoms with van der Waals surface area (Å²) in [5.74, 6) is 7.60. The maximum absolute atomic E-state index is 12.0. The minimum absolute atomic E-state index is 0.0541. The molecule has 1 aromatic rings. The fourth-order valence-corrected chi connectivity index (χ4v) is 1.73. The number of carbonyl (C=O) groups excluding carboxylic acids is 1. The standard InChI is InChI=1S/C14H26N6O/c1-5-6-11-18-12(7-13(19-11)20-15)17-10(4)14(21)16-8-9(2)3/h7,9-10H,5-6,8,15H2,1-4H3,(H,16,21)(H2,17,18,19,20). The Morgan fingerprint density at radius 3 is 2.52 bits per heavy atom. The predicted octanol–water partition coefficient (Wildman–Crippen LogP) is 1.29. The molecule has 21 heavy (non-hydrogen) atoms. The molecule has 0 aliphatic heterocycles. The van der Waals surface area contributed by atoms with E-state index >= 15 is 0 Å². The van der Waals surface area contributed by atoms with Crippen LogP contribution in [0.15, 0.2) is 6.07 Å². The number of aromatic nitrogens is 2. The normalized spacial score (nSPS) is 12.1. The van der Waals surface area contributed by atoms with Gasteiger partial charge in [0, 0.05) is 19.0 Å². The van der Waals surface area contributed by atoms with Crippen LogP contribution in [0.3, 0.4) is 0 Å². The lowest BCUT2D eigenvalue weighted by Gasteiger charge is -2.16. The van der Waals surface area contributed by atoms with Gasteiger partial charge in [-0.2, -0.15) is 0 Å². The van der Waals surface area contributed by atoms with Gasteiger partial charge in [0.25, 0.3) is 0 Å². The Bertz CT molecular complexity index is 463. The Morgan fingerprint density at radius 2 is 1.95 bits per heavy atom. The Kier molecular flexibility index (Phi) is 6.87. The molecule has 1 heterocycles. The van der Waals surface area contributed by atoms with Crippen molar-refractivity contribution in [3.8, 4) is 0 Å². The smallest absolute Gasteiger partial charge is 0.242 e. The summed E-state index contributed by atoms with van der Waals surface area (Å²) in [6.07, 6.45) is 1.70. The number of nitrogens with zero attached hydrogens (tertiary/aromatic N) is 2. The number of anilines is 2. The summed E-state index contributed by atoms with van der Waals surface area (Å²) in [6.45, 7) is 8.62. The fraction of sp³-hybridized carbons (Fsp3) is 0.643. The molecule has 1 amide bonds. The first-order valence-electron chi connectivity index (χ1n) is 7.35. The Hall–Kier alpha value is -1.89. The number of nitrogens with one attached hydrogen (secondary N) is 3. The van der Waals surface area contributed by atoms with E-state index in [1.165, 1.54) is 0 Å². The molecule has 7 nitrogen and oxygen atoms in total. The molecule has 0 aliphatic carbocycles. The third-order valence-corrected chi connectivity index (χ3v) is 2.84. The van der Waals surface area contributed by atoms with Gasteiger partial charge in [-0.05, 0) is 19.3 Å². The van der Waals surface area contributed by atoms with E-state index in [1.807, 2.05) is 0 Å². The van der Waals surface area contributed by atoms with Gasteiger partial charge in [-0.3, -0.25) is 4.79 Å². The number of rotatable bonds is 8. The average molecular weight is 294 g/mol. The summed E-state index contributed by atoms with van der Waals surface area (Å²) in [6, 6.07) is 1.31. The molecule has 1 atom stereocenters. The van der Waals surface area contributed by atoms with Crippen molar-refractivity contribution in [3.05, 3.63) is 11.9 Å². The summed E-state index contributed by atoms with van der Waals surface area (Å²) >= 11 is 0. The lowest BCUT2D eigenvalue weighted by Crippen LogP contribution is -2.39. The molecule has 7 heteroatoms. The van der Waals surface area contributed by atoms with Gasteiger partial charge < -0.3 is 16.1 Å². The molecule has 0 bridgehead atoms. The van der Waals surface area contributed by atoms with E-state index in [2.05, 4.69) is 46.8 Å². The SMILES string of the molecule is CCCc1nc(NN)cc(NC(C)C(=O)NCC(C)C)n1. The number of carbonyl (C=O) groups is 1. The zero-order valence-corrected chi connectivity index (χ0v) is 13.2. The van der Waals surface area contributed by atoms with Gasteiger partial charge in [-0.15, -0.1) is 0 Å². The van der Waals surface area contributed by atoms with Gasteiger partial charge in [0.1, 0.15) is 23.5 Å². The quantitative estimate of drug-likeness (QED) is 0.425. The molecule has 0 aliphatic rings. The maximum atomic E-state index is 12.0.